The lowest BCUT2D eigenvalue weighted by atomic mass is 10.1. The van der Waals surface area contributed by atoms with E-state index in [1.54, 1.807) is 19.1 Å². The Labute approximate surface area is 215 Å². The quantitative estimate of drug-likeness (QED) is 0.456. The van der Waals surface area contributed by atoms with Crippen molar-refractivity contribution in [1.82, 2.24) is 14.2 Å². The van der Waals surface area contributed by atoms with E-state index < -0.39 is 50.6 Å². The van der Waals surface area contributed by atoms with E-state index in [0.29, 0.717) is 12.1 Å². The first kappa shape index (κ1) is 27.9. The van der Waals surface area contributed by atoms with Crippen LogP contribution < -0.4 is 4.74 Å². The van der Waals surface area contributed by atoms with E-state index in [-0.39, 0.29) is 42.6 Å². The predicted molar refractivity (Wildman–Crippen MR) is 128 cm³/mol. The summed E-state index contributed by atoms with van der Waals surface area (Å²) in [6.45, 7) is 1.89. The summed E-state index contributed by atoms with van der Waals surface area (Å²) in [6.07, 6.45) is -2.82. The molecule has 36 heavy (non-hydrogen) atoms. The summed E-state index contributed by atoms with van der Waals surface area (Å²) >= 11 is 3.03. The van der Waals surface area contributed by atoms with Gasteiger partial charge in [0, 0.05) is 26.7 Å². The molecule has 1 aliphatic rings. The summed E-state index contributed by atoms with van der Waals surface area (Å²) in [7, 11) is -2.04. The number of nitrogens with zero attached hydrogens (tertiary/aromatic N) is 4. The smallest absolute Gasteiger partial charge is 0.281 e. The highest BCUT2D eigenvalue weighted by atomic mass is 79.9. The number of hydrogen-bond donors (Lipinski definition) is 0. The fraction of sp³-hybridized carbons (Fsp3) is 0.435. The lowest BCUT2D eigenvalue weighted by Gasteiger charge is -2.33. The molecule has 0 spiro atoms. The van der Waals surface area contributed by atoms with Gasteiger partial charge in [0.2, 0.25) is 15.9 Å². The number of amides is 1. The Balaban J connectivity index is 1.81. The number of carbonyl (C=O) groups is 1. The van der Waals surface area contributed by atoms with Crippen molar-refractivity contribution in [3.63, 3.8) is 0 Å². The van der Waals surface area contributed by atoms with Gasteiger partial charge in [-0.15, -0.1) is 0 Å². The molecule has 0 bridgehead atoms. The standard InChI is InChI=1S/C23H24BrF3N4O4S/c1-3-30(2)36(33,34)16-6-8-31(9-7-16)23(32)17-11-15(12-28)22(29-20(17)21(26)27)35-13-14-4-5-18(24)19(25)10-14/h4-5,10-11,16,21H,3,6-9,13H2,1-2H3. The Kier molecular flexibility index (Phi) is 8.97. The van der Waals surface area contributed by atoms with Gasteiger partial charge >= 0.3 is 0 Å². The molecule has 1 aliphatic heterocycles. The molecule has 13 heteroatoms. The van der Waals surface area contributed by atoms with Crippen LogP contribution in [0.1, 0.15) is 53.4 Å². The average molecular weight is 589 g/mol. The maximum atomic E-state index is 13.9. The Morgan fingerprint density at radius 3 is 2.56 bits per heavy atom. The van der Waals surface area contributed by atoms with Crippen LogP contribution >= 0.6 is 15.9 Å². The first-order valence-electron chi connectivity index (χ1n) is 11.0. The normalized spacial score (nSPS) is 14.8. The van der Waals surface area contributed by atoms with Gasteiger partial charge in [-0.25, -0.2) is 30.9 Å². The Morgan fingerprint density at radius 2 is 2.00 bits per heavy atom. The van der Waals surface area contributed by atoms with E-state index in [1.807, 2.05) is 0 Å². The van der Waals surface area contributed by atoms with Crippen LogP contribution in [0.5, 0.6) is 5.88 Å². The van der Waals surface area contributed by atoms with E-state index >= 15 is 0 Å². The molecule has 2 heterocycles. The van der Waals surface area contributed by atoms with Crippen LogP contribution in [0.15, 0.2) is 28.7 Å². The molecule has 1 saturated heterocycles. The third-order valence-electron chi connectivity index (χ3n) is 5.96. The summed E-state index contributed by atoms with van der Waals surface area (Å²) in [5, 5.41) is 8.85. The van der Waals surface area contributed by atoms with Gasteiger partial charge < -0.3 is 9.64 Å². The average Bonchev–Trinajstić information content (AvgIpc) is 2.87. The maximum Gasteiger partial charge on any atom is 0.281 e. The van der Waals surface area contributed by atoms with Gasteiger partial charge in [0.1, 0.15) is 29.8 Å². The van der Waals surface area contributed by atoms with Gasteiger partial charge in [-0.1, -0.05) is 13.0 Å². The molecule has 0 unspecified atom stereocenters. The Morgan fingerprint density at radius 1 is 1.33 bits per heavy atom. The summed E-state index contributed by atoms with van der Waals surface area (Å²) in [4.78, 5) is 18.1. The maximum absolute atomic E-state index is 13.9. The second-order valence-electron chi connectivity index (χ2n) is 8.17. The van der Waals surface area contributed by atoms with Gasteiger partial charge in [-0.3, -0.25) is 4.79 Å². The lowest BCUT2D eigenvalue weighted by Crippen LogP contribution is -2.46. The van der Waals surface area contributed by atoms with Crippen LogP contribution in [0, 0.1) is 17.1 Å². The van der Waals surface area contributed by atoms with Crippen molar-refractivity contribution in [2.45, 2.75) is 38.0 Å². The summed E-state index contributed by atoms with van der Waals surface area (Å²) in [6, 6.07) is 6.98. The van der Waals surface area contributed by atoms with Gasteiger partial charge in [-0.05, 0) is 52.5 Å². The third-order valence-corrected chi connectivity index (χ3v) is 9.05. The number of aromatic nitrogens is 1. The number of halogens is 4. The summed E-state index contributed by atoms with van der Waals surface area (Å²) < 4.78 is 73.5. The van der Waals surface area contributed by atoms with Gasteiger partial charge in [-0.2, -0.15) is 5.26 Å². The topological polar surface area (TPSA) is 104 Å². The number of ether oxygens (including phenoxy) is 1. The number of nitriles is 1. The number of piperidine rings is 1. The second kappa shape index (κ2) is 11.6. The fourth-order valence-corrected chi connectivity index (χ4v) is 5.70. The van der Waals surface area contributed by atoms with E-state index in [0.717, 1.165) is 6.07 Å². The zero-order chi connectivity index (χ0) is 26.6. The highest BCUT2D eigenvalue weighted by molar-refractivity contribution is 9.10. The summed E-state index contributed by atoms with van der Waals surface area (Å²) in [5.74, 6) is -1.72. The molecule has 0 radical (unpaired) electrons. The second-order valence-corrected chi connectivity index (χ2v) is 11.3. The molecule has 1 amide bonds. The highest BCUT2D eigenvalue weighted by Gasteiger charge is 2.35. The largest absolute Gasteiger partial charge is 0.472 e. The highest BCUT2D eigenvalue weighted by Crippen LogP contribution is 2.30. The number of hydrogen-bond acceptors (Lipinski definition) is 6. The molecule has 1 aromatic carbocycles. The number of rotatable bonds is 8. The molecule has 1 fully saturated rings. The Bertz CT molecular complexity index is 1280. The minimum absolute atomic E-state index is 0.0538. The van der Waals surface area contributed by atoms with Crippen molar-refractivity contribution in [1.29, 1.82) is 5.26 Å². The molecule has 0 N–H and O–H groups in total. The zero-order valence-corrected chi connectivity index (χ0v) is 22.0. The van der Waals surface area contributed by atoms with E-state index in [4.69, 9.17) is 4.74 Å². The van der Waals surface area contributed by atoms with E-state index in [1.165, 1.54) is 28.4 Å². The fourth-order valence-electron chi connectivity index (χ4n) is 3.78. The molecule has 0 saturated carbocycles. The van der Waals surface area contributed by atoms with Crippen molar-refractivity contribution < 1.29 is 31.1 Å². The van der Waals surface area contributed by atoms with Crippen molar-refractivity contribution >= 4 is 31.9 Å². The number of sulfonamides is 1. The number of carbonyl (C=O) groups excluding carboxylic acids is 1. The van der Waals surface area contributed by atoms with E-state index in [2.05, 4.69) is 20.9 Å². The lowest BCUT2D eigenvalue weighted by molar-refractivity contribution is 0.0710. The molecular formula is C23H24BrF3N4O4S. The molecule has 8 nitrogen and oxygen atoms in total. The van der Waals surface area contributed by atoms with Gasteiger partial charge in [0.25, 0.3) is 12.3 Å². The molecule has 194 valence electrons. The van der Waals surface area contributed by atoms with Crippen molar-refractivity contribution in [3.8, 4) is 11.9 Å². The Hall–Kier alpha value is -2.69. The van der Waals surface area contributed by atoms with Crippen LogP contribution in [0.4, 0.5) is 13.2 Å². The number of alkyl halides is 2. The van der Waals surface area contributed by atoms with Crippen LogP contribution in [-0.4, -0.2) is 60.4 Å². The zero-order valence-electron chi connectivity index (χ0n) is 19.5. The molecule has 2 aromatic rings. The van der Waals surface area contributed by atoms with E-state index in [9.17, 15) is 31.6 Å². The van der Waals surface area contributed by atoms with Crippen LogP contribution in [0.3, 0.4) is 0 Å². The SMILES string of the molecule is CCN(C)S(=O)(=O)C1CCN(C(=O)c2cc(C#N)c(OCc3ccc(Br)c(F)c3)nc2C(F)F)CC1. The van der Waals surface area contributed by atoms with Crippen molar-refractivity contribution in [2.75, 3.05) is 26.7 Å². The summed E-state index contributed by atoms with van der Waals surface area (Å²) in [5.41, 5.74) is -1.15. The third kappa shape index (κ3) is 5.99. The molecular weight excluding hydrogens is 565 g/mol. The first-order chi connectivity index (χ1) is 17.0. The van der Waals surface area contributed by atoms with Crippen molar-refractivity contribution in [2.24, 2.45) is 0 Å². The first-order valence-corrected chi connectivity index (χ1v) is 13.3. The van der Waals surface area contributed by atoms with Crippen molar-refractivity contribution in [3.05, 3.63) is 56.9 Å². The minimum atomic E-state index is -3.52. The molecule has 0 aliphatic carbocycles. The minimum Gasteiger partial charge on any atom is -0.472 e. The van der Waals surface area contributed by atoms with Crippen LogP contribution in [0.2, 0.25) is 0 Å². The number of likely N-dealkylation sites (tertiary alicyclic amines) is 1. The van der Waals surface area contributed by atoms with Crippen LogP contribution in [0.25, 0.3) is 0 Å². The number of benzene rings is 1. The number of pyridine rings is 1. The molecule has 0 atom stereocenters. The van der Waals surface area contributed by atoms with Crippen LogP contribution in [-0.2, 0) is 16.6 Å². The molecule has 3 rings (SSSR count). The predicted octanol–water partition coefficient (Wildman–Crippen LogP) is 4.26. The van der Waals surface area contributed by atoms with Gasteiger partial charge in [0.15, 0.2) is 0 Å². The molecule has 1 aromatic heterocycles. The van der Waals surface area contributed by atoms with Gasteiger partial charge in [0.05, 0.1) is 15.3 Å². The monoisotopic (exact) mass is 588 g/mol.